The molecule has 2 aromatic carbocycles. The van der Waals surface area contributed by atoms with E-state index >= 15 is 0 Å². The Morgan fingerprint density at radius 1 is 0.897 bits per heavy atom. The van der Waals surface area contributed by atoms with Crippen molar-refractivity contribution in [2.75, 3.05) is 7.11 Å². The van der Waals surface area contributed by atoms with Gasteiger partial charge in [0, 0.05) is 12.8 Å². The van der Waals surface area contributed by atoms with Crippen LogP contribution in [0.3, 0.4) is 0 Å². The summed E-state index contributed by atoms with van der Waals surface area (Å²) < 4.78 is 9.87. The number of hydrogen-bond donors (Lipinski definition) is 4. The zero-order valence-electron chi connectivity index (χ0n) is 22.4. The second kappa shape index (κ2) is 13.4. The largest absolute Gasteiger partial charge is 0.479 e. The second-order valence-electron chi connectivity index (χ2n) is 10.0. The van der Waals surface area contributed by atoms with Gasteiger partial charge < -0.3 is 30.3 Å². The maximum absolute atomic E-state index is 12.8. The molecule has 4 N–H and O–H groups in total. The zero-order valence-corrected chi connectivity index (χ0v) is 22.4. The third-order valence-electron chi connectivity index (χ3n) is 5.72. The van der Waals surface area contributed by atoms with E-state index in [1.807, 2.05) is 0 Å². The molecule has 0 spiro atoms. The average Bonchev–Trinajstić information content (AvgIpc) is 2.85. The van der Waals surface area contributed by atoms with E-state index in [1.165, 1.54) is 19.2 Å². The van der Waals surface area contributed by atoms with E-state index in [4.69, 9.17) is 4.74 Å². The van der Waals surface area contributed by atoms with Crippen molar-refractivity contribution in [3.63, 3.8) is 0 Å². The minimum atomic E-state index is -1.91. The molecule has 0 radical (unpaired) electrons. The molecule has 0 heterocycles. The lowest BCUT2D eigenvalue weighted by atomic mass is 9.86. The van der Waals surface area contributed by atoms with E-state index in [-0.39, 0.29) is 24.8 Å². The van der Waals surface area contributed by atoms with Crippen LogP contribution in [0.5, 0.6) is 0 Å². The van der Waals surface area contributed by atoms with E-state index < -0.39 is 53.5 Å². The molecule has 1 unspecified atom stereocenters. The van der Waals surface area contributed by atoms with E-state index in [9.17, 15) is 34.2 Å². The number of carbonyl (C=O) groups is 5. The summed E-state index contributed by atoms with van der Waals surface area (Å²) in [4.78, 5) is 61.3. The predicted molar refractivity (Wildman–Crippen MR) is 140 cm³/mol. The summed E-state index contributed by atoms with van der Waals surface area (Å²) in [6, 6.07) is 13.2. The van der Waals surface area contributed by atoms with Crippen molar-refractivity contribution in [1.82, 2.24) is 10.6 Å². The van der Waals surface area contributed by atoms with Crippen LogP contribution in [0.1, 0.15) is 56.3 Å². The topological polar surface area (TPSA) is 168 Å². The molecule has 0 aliphatic rings. The smallest absolute Gasteiger partial charge is 0.408 e. The van der Waals surface area contributed by atoms with Gasteiger partial charge in [0.15, 0.2) is 6.04 Å². The molecule has 2 rings (SSSR count). The number of carboxylic acid groups (broad SMARTS) is 2. The molecular weight excluding hydrogens is 508 g/mol. The summed E-state index contributed by atoms with van der Waals surface area (Å²) in [5.74, 6) is -3.89. The van der Waals surface area contributed by atoms with Crippen LogP contribution in [0.2, 0.25) is 0 Å². The summed E-state index contributed by atoms with van der Waals surface area (Å²) >= 11 is 0. The maximum atomic E-state index is 12.8. The standard InChI is InChI=1S/C28H34N2O9/c1-27(2,3)39-26(37)30-28(25(35)36,17-19-8-6-5-7-9-19)15-14-21(31)29-23(24(33)34)20-12-10-18(11-13-20)16-22(32)38-4/h5-13,23H,14-17H2,1-4H3,(H,29,31)(H,30,37)(H,33,34)(H,35,36)/t23?,28-/m1/s1. The third-order valence-corrected chi connectivity index (χ3v) is 5.72. The Morgan fingerprint density at radius 2 is 1.51 bits per heavy atom. The van der Waals surface area contributed by atoms with Crippen LogP contribution in [-0.4, -0.2) is 58.4 Å². The molecule has 0 aromatic heterocycles. The lowest BCUT2D eigenvalue weighted by molar-refractivity contribution is -0.146. The van der Waals surface area contributed by atoms with Gasteiger partial charge in [0.05, 0.1) is 13.5 Å². The third kappa shape index (κ3) is 9.76. The van der Waals surface area contributed by atoms with Crippen LogP contribution >= 0.6 is 0 Å². The number of rotatable bonds is 12. The molecule has 0 fully saturated rings. The van der Waals surface area contributed by atoms with Crippen molar-refractivity contribution < 1.29 is 43.7 Å². The van der Waals surface area contributed by atoms with Gasteiger partial charge in [-0.3, -0.25) is 9.59 Å². The summed E-state index contributed by atoms with van der Waals surface area (Å²) in [6.07, 6.45) is -1.84. The Balaban J connectivity index is 2.22. The number of methoxy groups -OCH3 is 1. The number of nitrogens with one attached hydrogen (secondary N) is 2. The van der Waals surface area contributed by atoms with Crippen LogP contribution in [0.25, 0.3) is 0 Å². The predicted octanol–water partition coefficient (Wildman–Crippen LogP) is 3.01. The van der Waals surface area contributed by atoms with Gasteiger partial charge in [-0.25, -0.2) is 14.4 Å². The highest BCUT2D eigenvalue weighted by Crippen LogP contribution is 2.23. The van der Waals surface area contributed by atoms with Crippen molar-refractivity contribution >= 4 is 29.9 Å². The van der Waals surface area contributed by atoms with E-state index in [0.29, 0.717) is 11.1 Å². The zero-order chi connectivity index (χ0) is 29.2. The lowest BCUT2D eigenvalue weighted by Crippen LogP contribution is -2.57. The Hall–Kier alpha value is -4.41. The number of carboxylic acids is 2. The number of alkyl carbamates (subject to hydrolysis) is 1. The number of aliphatic carboxylic acids is 2. The van der Waals surface area contributed by atoms with E-state index in [1.54, 1.807) is 63.2 Å². The van der Waals surface area contributed by atoms with Gasteiger partial charge in [-0.2, -0.15) is 0 Å². The number of esters is 1. The SMILES string of the molecule is COC(=O)Cc1ccc(C(NC(=O)CC[C@](Cc2ccccc2)(NC(=O)OC(C)(C)C)C(=O)O)C(=O)O)cc1. The highest BCUT2D eigenvalue weighted by molar-refractivity contribution is 5.87. The molecule has 2 aromatic rings. The monoisotopic (exact) mass is 542 g/mol. The molecular formula is C28H34N2O9. The average molecular weight is 543 g/mol. The van der Waals surface area contributed by atoms with Crippen molar-refractivity contribution in [2.45, 2.75) is 63.6 Å². The highest BCUT2D eigenvalue weighted by Gasteiger charge is 2.42. The number of carbonyl (C=O) groups excluding carboxylic acids is 3. The number of benzene rings is 2. The van der Waals surface area contributed by atoms with Gasteiger partial charge in [-0.1, -0.05) is 54.6 Å². The van der Waals surface area contributed by atoms with Gasteiger partial charge in [-0.05, 0) is 43.9 Å². The van der Waals surface area contributed by atoms with Crippen LogP contribution in [0.15, 0.2) is 54.6 Å². The van der Waals surface area contributed by atoms with E-state index in [0.717, 1.165) is 0 Å². The Morgan fingerprint density at radius 3 is 2.03 bits per heavy atom. The number of ether oxygens (including phenoxy) is 2. The molecule has 39 heavy (non-hydrogen) atoms. The molecule has 0 aliphatic heterocycles. The number of amides is 2. The minimum Gasteiger partial charge on any atom is -0.479 e. The summed E-state index contributed by atoms with van der Waals surface area (Å²) in [5.41, 5.74) is -1.34. The van der Waals surface area contributed by atoms with Crippen LogP contribution in [-0.2, 0) is 41.5 Å². The van der Waals surface area contributed by atoms with Crippen LogP contribution in [0, 0.1) is 0 Å². The van der Waals surface area contributed by atoms with Gasteiger partial charge >= 0.3 is 24.0 Å². The Labute approximate surface area is 226 Å². The fourth-order valence-corrected chi connectivity index (χ4v) is 3.79. The van der Waals surface area contributed by atoms with Crippen molar-refractivity contribution in [2.24, 2.45) is 0 Å². The molecule has 2 atom stereocenters. The molecule has 210 valence electrons. The van der Waals surface area contributed by atoms with Gasteiger partial charge in [0.2, 0.25) is 5.91 Å². The normalized spacial score (nSPS) is 13.3. The fraction of sp³-hybridized carbons (Fsp3) is 0.393. The van der Waals surface area contributed by atoms with Crippen molar-refractivity contribution in [1.29, 1.82) is 0 Å². The molecule has 0 saturated carbocycles. The highest BCUT2D eigenvalue weighted by atomic mass is 16.6. The first-order valence-corrected chi connectivity index (χ1v) is 12.2. The molecule has 0 aliphatic carbocycles. The number of hydrogen-bond acceptors (Lipinski definition) is 7. The van der Waals surface area contributed by atoms with Crippen LogP contribution in [0.4, 0.5) is 4.79 Å². The lowest BCUT2D eigenvalue weighted by Gasteiger charge is -2.32. The van der Waals surface area contributed by atoms with E-state index in [2.05, 4.69) is 15.4 Å². The Kier molecular flexibility index (Phi) is 10.6. The first-order chi connectivity index (χ1) is 18.2. The molecule has 0 bridgehead atoms. The second-order valence-corrected chi connectivity index (χ2v) is 10.0. The first kappa shape index (κ1) is 30.8. The quantitative estimate of drug-likeness (QED) is 0.295. The molecule has 2 amide bonds. The van der Waals surface area contributed by atoms with Gasteiger partial charge in [0.1, 0.15) is 11.1 Å². The van der Waals surface area contributed by atoms with Crippen molar-refractivity contribution in [3.8, 4) is 0 Å². The van der Waals surface area contributed by atoms with Crippen LogP contribution < -0.4 is 10.6 Å². The molecule has 0 saturated heterocycles. The molecule has 11 nitrogen and oxygen atoms in total. The first-order valence-electron chi connectivity index (χ1n) is 12.2. The minimum absolute atomic E-state index is 0.00418. The van der Waals surface area contributed by atoms with Crippen molar-refractivity contribution in [3.05, 3.63) is 71.3 Å². The fourth-order valence-electron chi connectivity index (χ4n) is 3.79. The Bertz CT molecular complexity index is 1170. The summed E-state index contributed by atoms with van der Waals surface area (Å²) in [7, 11) is 1.26. The molecule has 11 heteroatoms. The van der Waals surface area contributed by atoms with Gasteiger partial charge in [0.25, 0.3) is 0 Å². The maximum Gasteiger partial charge on any atom is 0.408 e. The van der Waals surface area contributed by atoms with Gasteiger partial charge in [-0.15, -0.1) is 0 Å². The summed E-state index contributed by atoms with van der Waals surface area (Å²) in [6.45, 7) is 4.90. The summed E-state index contributed by atoms with van der Waals surface area (Å²) in [5, 5.41) is 24.7.